The lowest BCUT2D eigenvalue weighted by Gasteiger charge is -2.37. The quantitative estimate of drug-likeness (QED) is 0.427. The summed E-state index contributed by atoms with van der Waals surface area (Å²) in [5.41, 5.74) is 4.37. The minimum atomic E-state index is -0.0480. The Morgan fingerprint density at radius 3 is 2.82 bits per heavy atom. The number of benzene rings is 2. The van der Waals surface area contributed by atoms with E-state index in [1.807, 2.05) is 18.2 Å². The van der Waals surface area contributed by atoms with Gasteiger partial charge < -0.3 is 15.4 Å². The van der Waals surface area contributed by atoms with Crippen LogP contribution in [0.4, 0.5) is 5.69 Å². The van der Waals surface area contributed by atoms with E-state index in [9.17, 15) is 4.79 Å². The highest BCUT2D eigenvalue weighted by Crippen LogP contribution is 2.50. The highest BCUT2D eigenvalue weighted by molar-refractivity contribution is 7.98. The highest BCUT2D eigenvalue weighted by atomic mass is 32.2. The largest absolute Gasteiger partial charge is 0.383 e. The fraction of sp³-hybridized carbons (Fsp3) is 0.348. The van der Waals surface area contributed by atoms with E-state index in [2.05, 4.69) is 53.3 Å². The minimum Gasteiger partial charge on any atom is -0.383 e. The van der Waals surface area contributed by atoms with Gasteiger partial charge in [-0.25, -0.2) is 0 Å². The monoisotopic (exact) mass is 394 g/mol. The SMILES string of the molecule is COCCNC(=O)c1ccc2c(c1)C1C=CCC1C(c1ccc(SC)cc1)N2. The van der Waals surface area contributed by atoms with E-state index in [1.54, 1.807) is 18.9 Å². The number of thioether (sulfide) groups is 1. The standard InChI is InChI=1S/C23H26N2O2S/c1-27-13-12-24-23(26)16-8-11-21-20(14-16)18-4-3-5-19(18)22(25-21)15-6-9-17(28-2)10-7-15/h3-4,6-11,14,18-19,22,25H,5,12-13H2,1-2H3,(H,24,26). The van der Waals surface area contributed by atoms with Crippen LogP contribution in [-0.2, 0) is 4.74 Å². The molecule has 1 heterocycles. The van der Waals surface area contributed by atoms with Crippen LogP contribution < -0.4 is 10.6 Å². The number of carbonyl (C=O) groups is 1. The van der Waals surface area contributed by atoms with Crippen molar-refractivity contribution in [2.24, 2.45) is 5.92 Å². The van der Waals surface area contributed by atoms with Crippen LogP contribution in [-0.4, -0.2) is 32.4 Å². The molecule has 1 aliphatic heterocycles. The summed E-state index contributed by atoms with van der Waals surface area (Å²) < 4.78 is 5.01. The van der Waals surface area contributed by atoms with Gasteiger partial charge in [0.25, 0.3) is 5.91 Å². The molecule has 4 nitrogen and oxygen atoms in total. The zero-order valence-electron chi connectivity index (χ0n) is 16.3. The molecule has 28 heavy (non-hydrogen) atoms. The maximum atomic E-state index is 12.4. The van der Waals surface area contributed by atoms with Crippen molar-refractivity contribution in [1.29, 1.82) is 0 Å². The molecule has 0 radical (unpaired) electrons. The van der Waals surface area contributed by atoms with E-state index in [4.69, 9.17) is 4.74 Å². The molecule has 5 heteroatoms. The van der Waals surface area contributed by atoms with Crippen molar-refractivity contribution in [2.75, 3.05) is 31.8 Å². The van der Waals surface area contributed by atoms with Gasteiger partial charge in [0.05, 0.1) is 12.6 Å². The topological polar surface area (TPSA) is 50.4 Å². The second-order valence-electron chi connectivity index (χ2n) is 7.30. The Bertz CT molecular complexity index is 879. The van der Waals surface area contributed by atoms with Crippen LogP contribution in [0.5, 0.6) is 0 Å². The van der Waals surface area contributed by atoms with Gasteiger partial charge in [0, 0.05) is 35.7 Å². The summed E-state index contributed by atoms with van der Waals surface area (Å²) in [5, 5.41) is 6.65. The van der Waals surface area contributed by atoms with Crippen LogP contribution in [0.15, 0.2) is 59.5 Å². The maximum Gasteiger partial charge on any atom is 0.251 e. The number of anilines is 1. The molecule has 3 unspecified atom stereocenters. The number of rotatable bonds is 6. The summed E-state index contributed by atoms with van der Waals surface area (Å²) >= 11 is 1.76. The zero-order valence-corrected chi connectivity index (χ0v) is 17.1. The zero-order chi connectivity index (χ0) is 19.5. The molecular formula is C23H26N2O2S. The van der Waals surface area contributed by atoms with Crippen molar-refractivity contribution in [3.05, 3.63) is 71.3 Å². The molecule has 2 aromatic rings. The molecule has 3 atom stereocenters. The molecule has 0 fully saturated rings. The molecule has 0 aromatic heterocycles. The second kappa shape index (κ2) is 8.41. The predicted octanol–water partition coefficient (Wildman–Crippen LogP) is 4.61. The average Bonchev–Trinajstić information content (AvgIpc) is 3.23. The number of hydrogen-bond donors (Lipinski definition) is 2. The van der Waals surface area contributed by atoms with Crippen molar-refractivity contribution in [3.8, 4) is 0 Å². The number of hydrogen-bond acceptors (Lipinski definition) is 4. The fourth-order valence-corrected chi connectivity index (χ4v) is 4.65. The summed E-state index contributed by atoms with van der Waals surface area (Å²) in [6.45, 7) is 1.04. The van der Waals surface area contributed by atoms with E-state index in [0.717, 1.165) is 12.1 Å². The van der Waals surface area contributed by atoms with Gasteiger partial charge >= 0.3 is 0 Å². The van der Waals surface area contributed by atoms with Crippen LogP contribution in [0.25, 0.3) is 0 Å². The number of nitrogens with one attached hydrogen (secondary N) is 2. The van der Waals surface area contributed by atoms with Gasteiger partial charge in [0.1, 0.15) is 0 Å². The predicted molar refractivity (Wildman–Crippen MR) is 115 cm³/mol. The Balaban J connectivity index is 1.60. The molecule has 2 N–H and O–H groups in total. The van der Waals surface area contributed by atoms with Gasteiger partial charge in [0.2, 0.25) is 0 Å². The number of amides is 1. The summed E-state index contributed by atoms with van der Waals surface area (Å²) in [4.78, 5) is 13.7. The minimum absolute atomic E-state index is 0.0480. The first-order valence-corrected chi connectivity index (χ1v) is 10.9. The third-order valence-electron chi connectivity index (χ3n) is 5.69. The van der Waals surface area contributed by atoms with E-state index < -0.39 is 0 Å². The van der Waals surface area contributed by atoms with Crippen molar-refractivity contribution < 1.29 is 9.53 Å². The van der Waals surface area contributed by atoms with Crippen molar-refractivity contribution in [3.63, 3.8) is 0 Å². The summed E-state index contributed by atoms with van der Waals surface area (Å²) in [6, 6.07) is 15.1. The van der Waals surface area contributed by atoms with Gasteiger partial charge in [-0.2, -0.15) is 0 Å². The van der Waals surface area contributed by atoms with Crippen LogP contribution in [0.2, 0.25) is 0 Å². The average molecular weight is 395 g/mol. The Morgan fingerprint density at radius 2 is 2.07 bits per heavy atom. The maximum absolute atomic E-state index is 12.4. The van der Waals surface area contributed by atoms with Gasteiger partial charge in [-0.1, -0.05) is 24.3 Å². The molecule has 2 aliphatic rings. The Kier molecular flexibility index (Phi) is 5.74. The number of ether oxygens (including phenoxy) is 1. The summed E-state index contributed by atoms with van der Waals surface area (Å²) in [7, 11) is 1.63. The van der Waals surface area contributed by atoms with Crippen molar-refractivity contribution in [1.82, 2.24) is 5.32 Å². The molecule has 0 saturated carbocycles. The first-order chi connectivity index (χ1) is 13.7. The third kappa shape index (κ3) is 3.69. The lowest BCUT2D eigenvalue weighted by Crippen LogP contribution is -2.30. The molecule has 146 valence electrons. The fourth-order valence-electron chi connectivity index (χ4n) is 4.25. The van der Waals surface area contributed by atoms with Crippen LogP contribution in [0, 0.1) is 5.92 Å². The van der Waals surface area contributed by atoms with Crippen molar-refractivity contribution >= 4 is 23.4 Å². The summed E-state index contributed by atoms with van der Waals surface area (Å²) in [5.74, 6) is 0.765. The van der Waals surface area contributed by atoms with Gasteiger partial charge in [0.15, 0.2) is 0 Å². The normalized spacial score (nSPS) is 22.3. The molecule has 0 bridgehead atoms. The van der Waals surface area contributed by atoms with Gasteiger partial charge in [-0.3, -0.25) is 4.79 Å². The number of carbonyl (C=O) groups excluding carboxylic acids is 1. The Hall–Kier alpha value is -2.24. The smallest absolute Gasteiger partial charge is 0.251 e. The molecule has 2 aromatic carbocycles. The highest BCUT2D eigenvalue weighted by Gasteiger charge is 2.38. The van der Waals surface area contributed by atoms with Crippen LogP contribution in [0.3, 0.4) is 0 Å². The molecule has 4 rings (SSSR count). The Morgan fingerprint density at radius 1 is 1.25 bits per heavy atom. The number of fused-ring (bicyclic) bond motifs is 3. The number of methoxy groups -OCH3 is 1. The van der Waals surface area contributed by atoms with Crippen LogP contribution >= 0.6 is 11.8 Å². The van der Waals surface area contributed by atoms with E-state index in [1.165, 1.54) is 16.0 Å². The first-order valence-electron chi connectivity index (χ1n) is 9.69. The molecule has 0 saturated heterocycles. The molecule has 0 spiro atoms. The lowest BCUT2D eigenvalue weighted by atomic mass is 9.76. The molecular weight excluding hydrogens is 368 g/mol. The summed E-state index contributed by atoms with van der Waals surface area (Å²) in [6.07, 6.45) is 7.74. The van der Waals surface area contributed by atoms with Crippen LogP contribution in [0.1, 0.15) is 39.9 Å². The van der Waals surface area contributed by atoms with E-state index in [-0.39, 0.29) is 11.9 Å². The second-order valence-corrected chi connectivity index (χ2v) is 8.18. The van der Waals surface area contributed by atoms with Gasteiger partial charge in [-0.05, 0) is 60.1 Å². The van der Waals surface area contributed by atoms with E-state index in [0.29, 0.717) is 30.6 Å². The number of allylic oxidation sites excluding steroid dienone is 2. The lowest BCUT2D eigenvalue weighted by molar-refractivity contribution is 0.0937. The first kappa shape index (κ1) is 19.1. The Labute approximate surface area is 170 Å². The third-order valence-corrected chi connectivity index (χ3v) is 6.44. The van der Waals surface area contributed by atoms with Crippen molar-refractivity contribution in [2.45, 2.75) is 23.3 Å². The van der Waals surface area contributed by atoms with E-state index >= 15 is 0 Å². The molecule has 1 amide bonds. The molecule has 1 aliphatic carbocycles. The van der Waals surface area contributed by atoms with Gasteiger partial charge in [-0.15, -0.1) is 11.8 Å².